The number of rotatable bonds is 7. The molecule has 2 saturated heterocycles. The molecule has 4 heterocycles. The number of fused-ring (bicyclic) bond motifs is 1. The number of aromatic nitrogens is 3. The second kappa shape index (κ2) is 10.5. The van der Waals surface area contributed by atoms with Crippen molar-refractivity contribution < 1.29 is 9.53 Å². The van der Waals surface area contributed by atoms with Gasteiger partial charge in [0.2, 0.25) is 5.91 Å². The van der Waals surface area contributed by atoms with E-state index in [0.717, 1.165) is 50.9 Å². The number of aryl methyl sites for hydroxylation is 1. The van der Waals surface area contributed by atoms with Gasteiger partial charge in [-0.25, -0.2) is 4.68 Å². The van der Waals surface area contributed by atoms with Gasteiger partial charge in [-0.15, -0.1) is 0 Å². The second-order valence-corrected chi connectivity index (χ2v) is 10.8. The molecule has 2 aliphatic rings. The normalized spacial score (nSPS) is 22.1. The van der Waals surface area contributed by atoms with Crippen LogP contribution in [0.3, 0.4) is 0 Å². The van der Waals surface area contributed by atoms with Gasteiger partial charge in [0.15, 0.2) is 0 Å². The highest BCUT2D eigenvalue weighted by Gasteiger charge is 2.32. The van der Waals surface area contributed by atoms with Gasteiger partial charge in [0.1, 0.15) is 6.23 Å². The summed E-state index contributed by atoms with van der Waals surface area (Å²) in [6.45, 7) is 4.79. The molecule has 4 aromatic rings. The Morgan fingerprint density at radius 2 is 1.97 bits per heavy atom. The van der Waals surface area contributed by atoms with Crippen LogP contribution in [0, 0.1) is 5.92 Å². The van der Waals surface area contributed by atoms with Crippen molar-refractivity contribution in [1.82, 2.24) is 19.2 Å². The molecule has 192 valence electrons. The van der Waals surface area contributed by atoms with Crippen molar-refractivity contribution >= 4 is 16.8 Å². The Morgan fingerprint density at radius 3 is 2.81 bits per heavy atom. The smallest absolute Gasteiger partial charge is 0.223 e. The van der Waals surface area contributed by atoms with E-state index in [2.05, 4.69) is 70.3 Å². The molecule has 0 spiro atoms. The van der Waals surface area contributed by atoms with Gasteiger partial charge >= 0.3 is 0 Å². The van der Waals surface area contributed by atoms with Gasteiger partial charge in [-0.3, -0.25) is 4.79 Å². The van der Waals surface area contributed by atoms with E-state index >= 15 is 0 Å². The fraction of sp³-hybridized carbons (Fsp3) is 0.419. The Kier molecular flexibility index (Phi) is 6.83. The lowest BCUT2D eigenvalue weighted by Gasteiger charge is -2.22. The number of amides is 1. The number of carbonyl (C=O) groups is 1. The SMILES string of the molecule is C[C@H]1C[C@@H](Cn2ccc3cc(-c4cnn(C5CCCCO5)c4)ccc32)CN1C(=O)CCc1ccccc1. The van der Waals surface area contributed by atoms with Crippen LogP contribution in [0.2, 0.25) is 0 Å². The molecule has 37 heavy (non-hydrogen) atoms. The first-order chi connectivity index (χ1) is 18.1. The third kappa shape index (κ3) is 5.21. The summed E-state index contributed by atoms with van der Waals surface area (Å²) in [6.07, 6.45) is 12.1. The maximum Gasteiger partial charge on any atom is 0.223 e. The van der Waals surface area contributed by atoms with Gasteiger partial charge in [0.05, 0.1) is 6.20 Å². The predicted octanol–water partition coefficient (Wildman–Crippen LogP) is 6.07. The summed E-state index contributed by atoms with van der Waals surface area (Å²) in [7, 11) is 0. The molecule has 2 fully saturated rings. The Bertz CT molecular complexity index is 1350. The quantitative estimate of drug-likeness (QED) is 0.312. The number of hydrogen-bond acceptors (Lipinski definition) is 3. The second-order valence-electron chi connectivity index (χ2n) is 10.8. The molecule has 1 amide bonds. The molecule has 0 N–H and O–H groups in total. The molecular formula is C31H36N4O2. The Balaban J connectivity index is 1.10. The molecule has 0 radical (unpaired) electrons. The number of ether oxygens (including phenoxy) is 1. The van der Waals surface area contributed by atoms with E-state index in [0.29, 0.717) is 18.4 Å². The van der Waals surface area contributed by atoms with Crippen molar-refractivity contribution in [3.63, 3.8) is 0 Å². The molecule has 3 atom stereocenters. The van der Waals surface area contributed by atoms with E-state index in [-0.39, 0.29) is 12.1 Å². The average molecular weight is 497 g/mol. The molecule has 2 aromatic heterocycles. The van der Waals surface area contributed by atoms with Crippen molar-refractivity contribution in [3.05, 3.63) is 78.8 Å². The first-order valence-corrected chi connectivity index (χ1v) is 13.7. The van der Waals surface area contributed by atoms with Crippen LogP contribution in [0.4, 0.5) is 0 Å². The standard InChI is InChI=1S/C31H36N4O2/c1-23-17-25(21-34(23)30(36)13-10-24-7-3-2-4-8-24)20-33-15-14-27-18-26(11-12-29(27)33)28-19-32-35(22-28)31-9-5-6-16-37-31/h2-4,7-8,11-12,14-15,18-19,22-23,25,31H,5-6,9-10,13,16-17,20-21H2,1H3/t23-,25-,31?/m0/s1. The molecule has 0 aliphatic carbocycles. The van der Waals surface area contributed by atoms with E-state index in [1.165, 1.54) is 28.5 Å². The van der Waals surface area contributed by atoms with Crippen LogP contribution >= 0.6 is 0 Å². The lowest BCUT2D eigenvalue weighted by molar-refractivity contribution is -0.131. The van der Waals surface area contributed by atoms with Gasteiger partial charge < -0.3 is 14.2 Å². The Morgan fingerprint density at radius 1 is 1.08 bits per heavy atom. The van der Waals surface area contributed by atoms with E-state index in [1.54, 1.807) is 0 Å². The number of carbonyl (C=O) groups excluding carboxylic acids is 1. The number of hydrogen-bond donors (Lipinski definition) is 0. The Hall–Kier alpha value is -3.38. The Labute approximate surface area is 218 Å². The highest BCUT2D eigenvalue weighted by molar-refractivity contribution is 5.85. The zero-order valence-corrected chi connectivity index (χ0v) is 21.6. The van der Waals surface area contributed by atoms with Crippen LogP contribution in [0.1, 0.15) is 50.8 Å². The summed E-state index contributed by atoms with van der Waals surface area (Å²) < 4.78 is 10.2. The van der Waals surface area contributed by atoms with Crippen molar-refractivity contribution in [1.29, 1.82) is 0 Å². The fourth-order valence-corrected chi connectivity index (χ4v) is 6.06. The third-order valence-electron chi connectivity index (χ3n) is 8.06. The minimum absolute atomic E-state index is 0.0610. The van der Waals surface area contributed by atoms with Crippen LogP contribution in [0.5, 0.6) is 0 Å². The zero-order chi connectivity index (χ0) is 25.2. The molecule has 2 aliphatic heterocycles. The average Bonchev–Trinajstić information content (AvgIpc) is 3.67. The van der Waals surface area contributed by atoms with Crippen molar-refractivity contribution in [2.24, 2.45) is 5.92 Å². The molecule has 6 heteroatoms. The van der Waals surface area contributed by atoms with Crippen LogP contribution in [-0.2, 0) is 22.5 Å². The number of likely N-dealkylation sites (tertiary alicyclic amines) is 1. The maximum absolute atomic E-state index is 13.0. The molecular weight excluding hydrogens is 460 g/mol. The van der Waals surface area contributed by atoms with Crippen molar-refractivity contribution in [2.45, 2.75) is 64.3 Å². The lowest BCUT2D eigenvalue weighted by Crippen LogP contribution is -2.34. The first kappa shape index (κ1) is 24.0. The van der Waals surface area contributed by atoms with Gasteiger partial charge in [-0.05, 0) is 74.3 Å². The summed E-state index contributed by atoms with van der Waals surface area (Å²) >= 11 is 0. The number of nitrogens with zero attached hydrogens (tertiary/aromatic N) is 4. The van der Waals surface area contributed by atoms with E-state index in [9.17, 15) is 4.79 Å². The minimum Gasteiger partial charge on any atom is -0.357 e. The minimum atomic E-state index is 0.0610. The molecule has 1 unspecified atom stereocenters. The molecule has 0 saturated carbocycles. The monoisotopic (exact) mass is 496 g/mol. The highest BCUT2D eigenvalue weighted by Crippen LogP contribution is 2.30. The van der Waals surface area contributed by atoms with Crippen LogP contribution in [-0.4, -0.2) is 44.3 Å². The summed E-state index contributed by atoms with van der Waals surface area (Å²) in [6, 6.07) is 19.5. The van der Waals surface area contributed by atoms with Gasteiger partial charge in [0, 0.05) is 61.0 Å². The molecule has 6 nitrogen and oxygen atoms in total. The van der Waals surface area contributed by atoms with E-state index in [1.807, 2.05) is 29.1 Å². The van der Waals surface area contributed by atoms with Crippen LogP contribution in [0.25, 0.3) is 22.0 Å². The first-order valence-electron chi connectivity index (χ1n) is 13.7. The van der Waals surface area contributed by atoms with Gasteiger partial charge in [-0.1, -0.05) is 36.4 Å². The summed E-state index contributed by atoms with van der Waals surface area (Å²) in [5.41, 5.74) is 4.77. The van der Waals surface area contributed by atoms with E-state index < -0.39 is 0 Å². The molecule has 2 aromatic carbocycles. The highest BCUT2D eigenvalue weighted by atomic mass is 16.5. The maximum atomic E-state index is 13.0. The summed E-state index contributed by atoms with van der Waals surface area (Å²) in [5, 5.41) is 5.82. The summed E-state index contributed by atoms with van der Waals surface area (Å²) in [4.78, 5) is 15.1. The fourth-order valence-electron chi connectivity index (χ4n) is 6.06. The van der Waals surface area contributed by atoms with Crippen molar-refractivity contribution in [3.8, 4) is 11.1 Å². The zero-order valence-electron chi connectivity index (χ0n) is 21.6. The topological polar surface area (TPSA) is 52.3 Å². The number of benzene rings is 2. The van der Waals surface area contributed by atoms with Gasteiger partial charge in [0.25, 0.3) is 0 Å². The van der Waals surface area contributed by atoms with E-state index in [4.69, 9.17) is 4.74 Å². The largest absolute Gasteiger partial charge is 0.357 e. The third-order valence-corrected chi connectivity index (χ3v) is 8.06. The predicted molar refractivity (Wildman–Crippen MR) is 146 cm³/mol. The lowest BCUT2D eigenvalue weighted by atomic mass is 10.1. The van der Waals surface area contributed by atoms with Gasteiger partial charge in [-0.2, -0.15) is 5.10 Å². The van der Waals surface area contributed by atoms with Crippen LogP contribution in [0.15, 0.2) is 73.2 Å². The molecule has 0 bridgehead atoms. The summed E-state index contributed by atoms with van der Waals surface area (Å²) in [5.74, 6) is 0.750. The van der Waals surface area contributed by atoms with Crippen molar-refractivity contribution in [2.75, 3.05) is 13.2 Å². The van der Waals surface area contributed by atoms with Crippen LogP contribution < -0.4 is 0 Å². The molecule has 6 rings (SSSR count).